The van der Waals surface area contributed by atoms with Gasteiger partial charge in [0.05, 0.1) is 5.39 Å². The van der Waals surface area contributed by atoms with Crippen LogP contribution in [0.2, 0.25) is 0 Å². The molecule has 5 N–H and O–H groups in total. The summed E-state index contributed by atoms with van der Waals surface area (Å²) in [5.41, 5.74) is 12.0. The number of urea groups is 1. The molecule has 0 aliphatic heterocycles. The molecular formula is C24H26N6O. The minimum atomic E-state index is -0.293. The summed E-state index contributed by atoms with van der Waals surface area (Å²) in [6.45, 7) is 8.32. The number of aromatic nitrogens is 3. The Morgan fingerprint density at radius 2 is 1.71 bits per heavy atom. The van der Waals surface area contributed by atoms with Crippen LogP contribution < -0.4 is 16.4 Å². The Balaban J connectivity index is 1.60. The third kappa shape index (κ3) is 4.35. The first-order chi connectivity index (χ1) is 14.7. The first-order valence-electron chi connectivity index (χ1n) is 10.1. The highest BCUT2D eigenvalue weighted by atomic mass is 16.2. The molecule has 31 heavy (non-hydrogen) atoms. The number of hydrogen-bond donors (Lipinski definition) is 4. The Morgan fingerprint density at radius 3 is 2.39 bits per heavy atom. The van der Waals surface area contributed by atoms with E-state index in [-0.39, 0.29) is 11.4 Å². The van der Waals surface area contributed by atoms with Gasteiger partial charge in [0.1, 0.15) is 5.82 Å². The van der Waals surface area contributed by atoms with Gasteiger partial charge in [0, 0.05) is 22.5 Å². The zero-order valence-electron chi connectivity index (χ0n) is 18.1. The summed E-state index contributed by atoms with van der Waals surface area (Å²) in [5, 5.41) is 13.6. The molecule has 0 saturated heterocycles. The monoisotopic (exact) mass is 414 g/mol. The number of nitrogens with two attached hydrogens (primary N) is 1. The van der Waals surface area contributed by atoms with Gasteiger partial charge in [-0.05, 0) is 53.9 Å². The van der Waals surface area contributed by atoms with Crippen LogP contribution in [0.1, 0.15) is 32.0 Å². The number of aromatic amines is 1. The van der Waals surface area contributed by atoms with E-state index in [4.69, 9.17) is 5.73 Å². The molecule has 158 valence electrons. The van der Waals surface area contributed by atoms with Crippen molar-refractivity contribution < 1.29 is 4.79 Å². The Morgan fingerprint density at radius 1 is 1.00 bits per heavy atom. The van der Waals surface area contributed by atoms with Crippen LogP contribution in [0.25, 0.3) is 22.2 Å². The summed E-state index contributed by atoms with van der Waals surface area (Å²) in [6, 6.07) is 17.1. The average Bonchev–Trinajstić information content (AvgIpc) is 3.08. The SMILES string of the molecule is Cc1cccc(NC(=O)Nc2ccc(-c3cc(C(C)(C)C)nc4n[nH]c(N)c34)cc2)c1. The summed E-state index contributed by atoms with van der Waals surface area (Å²) in [4.78, 5) is 17.0. The number of benzene rings is 2. The quantitative estimate of drug-likeness (QED) is 0.357. The number of nitrogens with one attached hydrogen (secondary N) is 3. The van der Waals surface area contributed by atoms with Crippen LogP contribution in [0.15, 0.2) is 54.6 Å². The van der Waals surface area contributed by atoms with Crippen molar-refractivity contribution in [3.8, 4) is 11.1 Å². The molecule has 0 spiro atoms. The van der Waals surface area contributed by atoms with Crippen LogP contribution in [0, 0.1) is 6.92 Å². The molecule has 7 nitrogen and oxygen atoms in total. The molecule has 2 aromatic carbocycles. The van der Waals surface area contributed by atoms with Crippen LogP contribution in [-0.4, -0.2) is 21.2 Å². The number of carbonyl (C=O) groups is 1. The number of amides is 2. The van der Waals surface area contributed by atoms with Gasteiger partial charge in [-0.2, -0.15) is 5.10 Å². The fraction of sp³-hybridized carbons (Fsp3) is 0.208. The van der Waals surface area contributed by atoms with E-state index < -0.39 is 0 Å². The maximum atomic E-state index is 12.3. The third-order valence-corrected chi connectivity index (χ3v) is 5.05. The van der Waals surface area contributed by atoms with Gasteiger partial charge in [-0.15, -0.1) is 0 Å². The summed E-state index contributed by atoms with van der Waals surface area (Å²) in [7, 11) is 0. The molecule has 0 aliphatic rings. The minimum Gasteiger partial charge on any atom is -0.383 e. The second kappa shape index (κ2) is 7.75. The van der Waals surface area contributed by atoms with Gasteiger partial charge in [-0.25, -0.2) is 9.78 Å². The van der Waals surface area contributed by atoms with Gasteiger partial charge in [-0.1, -0.05) is 45.0 Å². The molecule has 0 saturated carbocycles. The van der Waals surface area contributed by atoms with Gasteiger partial charge in [-0.3, -0.25) is 5.10 Å². The van der Waals surface area contributed by atoms with Crippen molar-refractivity contribution >= 4 is 34.3 Å². The maximum absolute atomic E-state index is 12.3. The second-order valence-electron chi connectivity index (χ2n) is 8.67. The van der Waals surface area contributed by atoms with E-state index in [1.165, 1.54) is 0 Å². The van der Waals surface area contributed by atoms with Gasteiger partial charge in [0.15, 0.2) is 5.65 Å². The smallest absolute Gasteiger partial charge is 0.323 e. The number of rotatable bonds is 3. The highest BCUT2D eigenvalue weighted by Crippen LogP contribution is 2.34. The number of hydrogen-bond acceptors (Lipinski definition) is 4. The Hall–Kier alpha value is -3.87. The van der Waals surface area contributed by atoms with Crippen LogP contribution in [0.4, 0.5) is 22.0 Å². The van der Waals surface area contributed by atoms with E-state index >= 15 is 0 Å². The molecule has 4 aromatic rings. The molecule has 0 radical (unpaired) electrons. The normalized spacial score (nSPS) is 11.5. The summed E-state index contributed by atoms with van der Waals surface area (Å²) >= 11 is 0. The Labute approximate surface area is 181 Å². The van der Waals surface area contributed by atoms with Gasteiger partial charge in [0.2, 0.25) is 0 Å². The Bertz CT molecular complexity index is 1250. The van der Waals surface area contributed by atoms with Gasteiger partial charge >= 0.3 is 6.03 Å². The lowest BCUT2D eigenvalue weighted by Gasteiger charge is -2.19. The highest BCUT2D eigenvalue weighted by Gasteiger charge is 2.21. The lowest BCUT2D eigenvalue weighted by atomic mass is 9.89. The first-order valence-corrected chi connectivity index (χ1v) is 10.1. The standard InChI is InChI=1S/C24H26N6O/c1-14-6-5-7-17(12-14)27-23(31)26-16-10-8-15(9-11-16)18-13-19(24(2,3)4)28-22-20(18)21(25)29-30-22/h5-13H,1-4H3,(H2,26,27,31)(H3,25,28,29,30). The first kappa shape index (κ1) is 20.4. The largest absolute Gasteiger partial charge is 0.383 e. The predicted octanol–water partition coefficient (Wildman–Crippen LogP) is 5.46. The second-order valence-corrected chi connectivity index (χ2v) is 8.67. The van der Waals surface area contributed by atoms with Crippen molar-refractivity contribution in [3.05, 3.63) is 65.9 Å². The van der Waals surface area contributed by atoms with Crippen molar-refractivity contribution in [1.29, 1.82) is 0 Å². The van der Waals surface area contributed by atoms with E-state index in [1.807, 2.05) is 55.5 Å². The van der Waals surface area contributed by atoms with Gasteiger partial charge in [0.25, 0.3) is 0 Å². The number of carbonyl (C=O) groups excluding carboxylic acids is 1. The minimum absolute atomic E-state index is 0.133. The zero-order chi connectivity index (χ0) is 22.2. The number of nitrogen functional groups attached to an aromatic ring is 1. The lowest BCUT2D eigenvalue weighted by Crippen LogP contribution is -2.19. The van der Waals surface area contributed by atoms with Crippen LogP contribution in [0.5, 0.6) is 0 Å². The lowest BCUT2D eigenvalue weighted by molar-refractivity contribution is 0.262. The number of aryl methyl sites for hydroxylation is 1. The zero-order valence-corrected chi connectivity index (χ0v) is 18.1. The molecule has 4 rings (SSSR count). The molecule has 2 amide bonds. The van der Waals surface area contributed by atoms with Crippen molar-refractivity contribution in [2.75, 3.05) is 16.4 Å². The average molecular weight is 415 g/mol. The van der Waals surface area contributed by atoms with E-state index in [0.717, 1.165) is 33.5 Å². The molecule has 7 heteroatoms. The third-order valence-electron chi connectivity index (χ3n) is 5.05. The van der Waals surface area contributed by atoms with Crippen molar-refractivity contribution in [1.82, 2.24) is 15.2 Å². The Kier molecular flexibility index (Phi) is 5.10. The molecule has 2 aromatic heterocycles. The number of nitrogens with zero attached hydrogens (tertiary/aromatic N) is 2. The molecule has 0 unspecified atom stereocenters. The fourth-order valence-corrected chi connectivity index (χ4v) is 3.41. The van der Waals surface area contributed by atoms with Crippen LogP contribution >= 0.6 is 0 Å². The number of fused-ring (bicyclic) bond motifs is 1. The van der Waals surface area contributed by atoms with E-state index in [0.29, 0.717) is 17.2 Å². The number of pyridine rings is 1. The molecule has 0 fully saturated rings. The summed E-state index contributed by atoms with van der Waals surface area (Å²) in [5.74, 6) is 0.484. The van der Waals surface area contributed by atoms with E-state index in [1.54, 1.807) is 0 Å². The molecular weight excluding hydrogens is 388 g/mol. The molecule has 0 bridgehead atoms. The van der Waals surface area contributed by atoms with E-state index in [9.17, 15) is 4.79 Å². The van der Waals surface area contributed by atoms with Crippen molar-refractivity contribution in [3.63, 3.8) is 0 Å². The van der Waals surface area contributed by atoms with Crippen LogP contribution in [0.3, 0.4) is 0 Å². The summed E-state index contributed by atoms with van der Waals surface area (Å²) < 4.78 is 0. The summed E-state index contributed by atoms with van der Waals surface area (Å²) in [6.07, 6.45) is 0. The predicted molar refractivity (Wildman–Crippen MR) is 126 cm³/mol. The molecule has 2 heterocycles. The van der Waals surface area contributed by atoms with Crippen molar-refractivity contribution in [2.24, 2.45) is 0 Å². The van der Waals surface area contributed by atoms with Gasteiger partial charge < -0.3 is 16.4 Å². The maximum Gasteiger partial charge on any atom is 0.323 e. The fourth-order valence-electron chi connectivity index (χ4n) is 3.41. The number of H-pyrrole nitrogens is 1. The van der Waals surface area contributed by atoms with Crippen LogP contribution in [-0.2, 0) is 5.41 Å². The molecule has 0 atom stereocenters. The van der Waals surface area contributed by atoms with E-state index in [2.05, 4.69) is 52.7 Å². The highest BCUT2D eigenvalue weighted by molar-refractivity contribution is 6.01. The topological polar surface area (TPSA) is 109 Å². The van der Waals surface area contributed by atoms with Crippen molar-refractivity contribution in [2.45, 2.75) is 33.1 Å². The number of anilines is 3. The molecule has 0 aliphatic carbocycles.